The van der Waals surface area contributed by atoms with Crippen LogP contribution in [0.3, 0.4) is 0 Å². The number of imidazole rings is 1. The lowest BCUT2D eigenvalue weighted by Crippen LogP contribution is -2.23. The summed E-state index contributed by atoms with van der Waals surface area (Å²) >= 11 is 0. The average Bonchev–Trinajstić information content (AvgIpc) is 2.98. The molecule has 1 fully saturated rings. The van der Waals surface area contributed by atoms with Crippen LogP contribution in [0.5, 0.6) is 0 Å². The molecular formula is C14H15FN4O. The average molecular weight is 274 g/mol. The zero-order valence-corrected chi connectivity index (χ0v) is 11.1. The third-order valence-electron chi connectivity index (χ3n) is 3.48. The highest BCUT2D eigenvalue weighted by molar-refractivity contribution is 5.76. The van der Waals surface area contributed by atoms with Crippen molar-refractivity contribution in [1.82, 2.24) is 14.9 Å². The molecule has 2 aromatic rings. The summed E-state index contributed by atoms with van der Waals surface area (Å²) in [6.07, 6.45) is -1.35. The quantitative estimate of drug-likeness (QED) is 0.923. The molecule has 0 radical (unpaired) electrons. The number of hydrogen-bond acceptors (Lipinski definition) is 4. The van der Waals surface area contributed by atoms with Crippen molar-refractivity contribution in [2.45, 2.75) is 18.9 Å². The fourth-order valence-electron chi connectivity index (χ4n) is 2.45. The zero-order chi connectivity index (χ0) is 14.1. The molecule has 1 aliphatic rings. The van der Waals surface area contributed by atoms with E-state index in [1.807, 2.05) is 11.9 Å². The number of likely N-dealkylation sites (N-methyl/N-ethyl adjacent to an activating group) is 1. The van der Waals surface area contributed by atoms with E-state index in [-0.39, 0.29) is 6.61 Å². The van der Waals surface area contributed by atoms with Crippen molar-refractivity contribution >= 4 is 11.0 Å². The van der Waals surface area contributed by atoms with Crippen LogP contribution in [-0.2, 0) is 11.3 Å². The van der Waals surface area contributed by atoms with Crippen LogP contribution in [0, 0.1) is 11.3 Å². The minimum absolute atomic E-state index is 0.246. The van der Waals surface area contributed by atoms with Crippen LogP contribution in [0.15, 0.2) is 18.2 Å². The molecule has 0 amide bonds. The second-order valence-electron chi connectivity index (χ2n) is 5.11. The third-order valence-corrected chi connectivity index (χ3v) is 3.48. The van der Waals surface area contributed by atoms with Crippen LogP contribution in [0.25, 0.3) is 11.0 Å². The number of nitrogens with one attached hydrogen (secondary N) is 1. The number of aromatic amines is 1. The molecule has 104 valence electrons. The number of benzene rings is 1. The molecule has 2 atom stereocenters. The minimum Gasteiger partial charge on any atom is -0.366 e. The monoisotopic (exact) mass is 274 g/mol. The van der Waals surface area contributed by atoms with Crippen LogP contribution >= 0.6 is 0 Å². The van der Waals surface area contributed by atoms with Gasteiger partial charge in [0.05, 0.1) is 22.7 Å². The van der Waals surface area contributed by atoms with Gasteiger partial charge in [0.15, 0.2) is 0 Å². The maximum absolute atomic E-state index is 13.6. The lowest BCUT2D eigenvalue weighted by atomic mass is 10.2. The van der Waals surface area contributed by atoms with Gasteiger partial charge in [0.2, 0.25) is 0 Å². The van der Waals surface area contributed by atoms with E-state index < -0.39 is 12.3 Å². The molecular weight excluding hydrogens is 259 g/mol. The number of hydrogen-bond donors (Lipinski definition) is 1. The molecule has 1 saturated heterocycles. The van der Waals surface area contributed by atoms with E-state index in [1.165, 1.54) is 0 Å². The van der Waals surface area contributed by atoms with Crippen molar-refractivity contribution in [3.05, 3.63) is 29.6 Å². The highest BCUT2D eigenvalue weighted by Gasteiger charge is 2.31. The minimum atomic E-state index is -0.949. The summed E-state index contributed by atoms with van der Waals surface area (Å²) in [6, 6.07) is 7.33. The van der Waals surface area contributed by atoms with Crippen molar-refractivity contribution in [2.75, 3.05) is 20.1 Å². The van der Waals surface area contributed by atoms with Crippen LogP contribution in [0.2, 0.25) is 0 Å². The zero-order valence-electron chi connectivity index (χ0n) is 11.1. The van der Waals surface area contributed by atoms with Gasteiger partial charge in [-0.15, -0.1) is 0 Å². The lowest BCUT2D eigenvalue weighted by Gasteiger charge is -2.12. The van der Waals surface area contributed by atoms with Gasteiger partial charge in [-0.05, 0) is 25.2 Å². The molecule has 1 aromatic heterocycles. The second-order valence-corrected chi connectivity index (χ2v) is 5.11. The SMILES string of the molecule is CN1C[C@@H](F)[C@@H](OCc2nc3ccc(C#N)cc3[nH]2)C1. The Morgan fingerprint density at radius 3 is 3.10 bits per heavy atom. The van der Waals surface area contributed by atoms with Crippen molar-refractivity contribution in [3.8, 4) is 6.07 Å². The van der Waals surface area contributed by atoms with E-state index in [9.17, 15) is 4.39 Å². The largest absolute Gasteiger partial charge is 0.366 e. The molecule has 0 aliphatic carbocycles. The van der Waals surface area contributed by atoms with Crippen molar-refractivity contribution < 1.29 is 9.13 Å². The molecule has 1 aliphatic heterocycles. The maximum atomic E-state index is 13.6. The summed E-state index contributed by atoms with van der Waals surface area (Å²) in [5.74, 6) is 0.650. The molecule has 6 heteroatoms. The number of ether oxygens (including phenoxy) is 1. The van der Waals surface area contributed by atoms with Crippen molar-refractivity contribution in [1.29, 1.82) is 5.26 Å². The Labute approximate surface area is 116 Å². The molecule has 0 spiro atoms. The summed E-state index contributed by atoms with van der Waals surface area (Å²) in [6.45, 7) is 1.26. The highest BCUT2D eigenvalue weighted by Crippen LogP contribution is 2.18. The Morgan fingerprint density at radius 1 is 1.55 bits per heavy atom. The molecule has 20 heavy (non-hydrogen) atoms. The van der Waals surface area contributed by atoms with Gasteiger partial charge in [-0.25, -0.2) is 9.37 Å². The lowest BCUT2D eigenvalue weighted by molar-refractivity contribution is 0.00930. The van der Waals surface area contributed by atoms with Gasteiger partial charge in [-0.3, -0.25) is 0 Å². The van der Waals surface area contributed by atoms with Gasteiger partial charge in [0.25, 0.3) is 0 Å². The number of rotatable bonds is 3. The van der Waals surface area contributed by atoms with Crippen LogP contribution in [0.1, 0.15) is 11.4 Å². The Hall–Kier alpha value is -1.97. The van der Waals surface area contributed by atoms with Gasteiger partial charge in [-0.1, -0.05) is 0 Å². The molecule has 0 unspecified atom stereocenters. The van der Waals surface area contributed by atoms with E-state index in [2.05, 4.69) is 16.0 Å². The van der Waals surface area contributed by atoms with Crippen molar-refractivity contribution in [3.63, 3.8) is 0 Å². The standard InChI is InChI=1S/C14H15FN4O/c1-19-6-10(15)13(7-19)20-8-14-17-11-3-2-9(5-16)4-12(11)18-14/h2-4,10,13H,6-8H2,1H3,(H,17,18)/t10-,13+/m1/s1. The third kappa shape index (κ3) is 2.50. The summed E-state index contributed by atoms with van der Waals surface area (Å²) in [7, 11) is 1.88. The first-order valence-electron chi connectivity index (χ1n) is 6.48. The predicted octanol–water partition coefficient (Wildman–Crippen LogP) is 1.60. The summed E-state index contributed by atoms with van der Waals surface area (Å²) in [5, 5.41) is 8.85. The van der Waals surface area contributed by atoms with Gasteiger partial charge in [0, 0.05) is 13.1 Å². The van der Waals surface area contributed by atoms with E-state index in [0.717, 1.165) is 11.0 Å². The molecule has 1 N–H and O–H groups in total. The molecule has 5 nitrogen and oxygen atoms in total. The van der Waals surface area contributed by atoms with Gasteiger partial charge in [0.1, 0.15) is 24.7 Å². The van der Waals surface area contributed by atoms with E-state index in [1.54, 1.807) is 18.2 Å². The number of aromatic nitrogens is 2. The molecule has 1 aromatic carbocycles. The van der Waals surface area contributed by atoms with Gasteiger partial charge in [-0.2, -0.15) is 5.26 Å². The first-order chi connectivity index (χ1) is 9.65. The van der Waals surface area contributed by atoms with Crippen LogP contribution in [-0.4, -0.2) is 47.3 Å². The molecule has 2 heterocycles. The summed E-state index contributed by atoms with van der Waals surface area (Å²) in [4.78, 5) is 9.37. The number of nitrogens with zero attached hydrogens (tertiary/aromatic N) is 3. The Balaban J connectivity index is 1.70. The summed E-state index contributed by atoms with van der Waals surface area (Å²) < 4.78 is 19.2. The van der Waals surface area contributed by atoms with Crippen molar-refractivity contribution in [2.24, 2.45) is 0 Å². The normalized spacial score (nSPS) is 23.2. The van der Waals surface area contributed by atoms with Gasteiger partial charge < -0.3 is 14.6 Å². The number of H-pyrrole nitrogens is 1. The molecule has 0 bridgehead atoms. The number of fused-ring (bicyclic) bond motifs is 1. The Bertz CT molecular complexity index is 663. The fourth-order valence-corrected chi connectivity index (χ4v) is 2.45. The number of alkyl halides is 1. The van der Waals surface area contributed by atoms with Crippen LogP contribution < -0.4 is 0 Å². The smallest absolute Gasteiger partial charge is 0.140 e. The van der Waals surface area contributed by atoms with Gasteiger partial charge >= 0.3 is 0 Å². The second kappa shape index (κ2) is 5.19. The van der Waals surface area contributed by atoms with E-state index in [0.29, 0.717) is 24.5 Å². The highest BCUT2D eigenvalue weighted by atomic mass is 19.1. The Kier molecular flexibility index (Phi) is 3.38. The number of nitriles is 1. The number of likely N-dealkylation sites (tertiary alicyclic amines) is 1. The molecule has 3 rings (SSSR count). The topological polar surface area (TPSA) is 64.9 Å². The van der Waals surface area contributed by atoms with E-state index in [4.69, 9.17) is 10.00 Å². The first-order valence-corrected chi connectivity index (χ1v) is 6.48. The van der Waals surface area contributed by atoms with Crippen LogP contribution in [0.4, 0.5) is 4.39 Å². The predicted molar refractivity (Wildman–Crippen MR) is 71.8 cm³/mol. The summed E-state index contributed by atoms with van der Waals surface area (Å²) in [5.41, 5.74) is 2.15. The molecule has 0 saturated carbocycles. The fraction of sp³-hybridized carbons (Fsp3) is 0.429. The maximum Gasteiger partial charge on any atom is 0.140 e. The van der Waals surface area contributed by atoms with E-state index >= 15 is 0 Å². The number of halogens is 1. The Morgan fingerprint density at radius 2 is 2.40 bits per heavy atom. The first kappa shape index (κ1) is 13.0.